The molecule has 0 saturated carbocycles. The lowest BCUT2D eigenvalue weighted by atomic mass is 10.0. The molecule has 2 saturated heterocycles. The second kappa shape index (κ2) is 9.94. The molecule has 2 aliphatic heterocycles. The maximum atomic E-state index is 13.4. The van der Waals surface area contributed by atoms with Crippen LogP contribution in [0.1, 0.15) is 56.4 Å². The van der Waals surface area contributed by atoms with Crippen LogP contribution in [-0.4, -0.2) is 61.1 Å². The molecule has 32 heavy (non-hydrogen) atoms. The molecule has 7 heteroatoms. The number of likely N-dealkylation sites (tertiary alicyclic amines) is 1. The van der Waals surface area contributed by atoms with Crippen LogP contribution in [0, 0.1) is 5.92 Å². The Bertz CT molecular complexity index is 983. The zero-order valence-corrected chi connectivity index (χ0v) is 19.7. The number of carbonyl (C=O) groups excluding carboxylic acids is 2. The fraction of sp³-hybridized carbons (Fsp3) is 0.600. The van der Waals surface area contributed by atoms with Crippen molar-refractivity contribution in [3.63, 3.8) is 0 Å². The number of hydrogen-bond acceptors (Lipinski definition) is 4. The molecule has 0 aliphatic carbocycles. The zero-order chi connectivity index (χ0) is 22.7. The Balaban J connectivity index is 1.57. The minimum Gasteiger partial charge on any atom is -0.497 e. The van der Waals surface area contributed by atoms with Crippen LogP contribution in [0.15, 0.2) is 18.2 Å². The quantitative estimate of drug-likeness (QED) is 0.637. The zero-order valence-electron chi connectivity index (χ0n) is 19.7. The van der Waals surface area contributed by atoms with Crippen molar-refractivity contribution in [1.29, 1.82) is 0 Å². The van der Waals surface area contributed by atoms with E-state index in [9.17, 15) is 9.59 Å². The van der Waals surface area contributed by atoms with E-state index in [0.29, 0.717) is 31.7 Å². The van der Waals surface area contributed by atoms with Crippen molar-refractivity contribution in [2.45, 2.75) is 52.5 Å². The number of aryl methyl sites for hydroxylation is 1. The molecular weight excluding hydrogens is 404 g/mol. The molecule has 174 valence electrons. The number of benzene rings is 1. The summed E-state index contributed by atoms with van der Waals surface area (Å²) in [6.45, 7) is 9.60. The number of nitrogens with one attached hydrogen (secondary N) is 1. The largest absolute Gasteiger partial charge is 0.497 e. The van der Waals surface area contributed by atoms with Crippen molar-refractivity contribution in [2.24, 2.45) is 5.92 Å². The van der Waals surface area contributed by atoms with E-state index in [2.05, 4.69) is 17.1 Å². The van der Waals surface area contributed by atoms with E-state index in [1.807, 2.05) is 29.7 Å². The van der Waals surface area contributed by atoms with Gasteiger partial charge in [0.15, 0.2) is 0 Å². The second-order valence-electron chi connectivity index (χ2n) is 9.13. The lowest BCUT2D eigenvalue weighted by Crippen LogP contribution is -2.37. The van der Waals surface area contributed by atoms with Gasteiger partial charge in [0.1, 0.15) is 11.4 Å². The van der Waals surface area contributed by atoms with Crippen LogP contribution in [0.2, 0.25) is 0 Å². The molecule has 1 atom stereocenters. The van der Waals surface area contributed by atoms with Gasteiger partial charge in [-0.05, 0) is 69.8 Å². The van der Waals surface area contributed by atoms with Gasteiger partial charge in [0.2, 0.25) is 5.91 Å². The predicted molar refractivity (Wildman–Crippen MR) is 128 cm³/mol. The van der Waals surface area contributed by atoms with E-state index in [1.54, 1.807) is 12.0 Å². The number of piperidine rings is 1. The van der Waals surface area contributed by atoms with Crippen molar-refractivity contribution in [1.82, 2.24) is 14.8 Å². The van der Waals surface area contributed by atoms with E-state index >= 15 is 0 Å². The van der Waals surface area contributed by atoms with Gasteiger partial charge in [-0.15, -0.1) is 0 Å². The van der Waals surface area contributed by atoms with Gasteiger partial charge in [-0.3, -0.25) is 9.59 Å². The number of rotatable bonds is 8. The Morgan fingerprint density at radius 1 is 1.25 bits per heavy atom. The molecule has 0 spiro atoms. The predicted octanol–water partition coefficient (Wildman–Crippen LogP) is 3.65. The number of aromatic nitrogens is 1. The fourth-order valence-electron chi connectivity index (χ4n) is 5.24. The van der Waals surface area contributed by atoms with Crippen LogP contribution in [-0.2, 0) is 11.3 Å². The number of hydrogen-bond donors (Lipinski definition) is 1. The highest BCUT2D eigenvalue weighted by Crippen LogP contribution is 2.38. The fourth-order valence-corrected chi connectivity index (χ4v) is 5.24. The Morgan fingerprint density at radius 3 is 2.78 bits per heavy atom. The summed E-state index contributed by atoms with van der Waals surface area (Å²) >= 11 is 0. The first-order valence-corrected chi connectivity index (χ1v) is 12.0. The summed E-state index contributed by atoms with van der Waals surface area (Å²) in [6, 6.07) is 5.83. The molecule has 2 fully saturated rings. The summed E-state index contributed by atoms with van der Waals surface area (Å²) in [5.74, 6) is 1.46. The van der Waals surface area contributed by atoms with Gasteiger partial charge in [0, 0.05) is 38.0 Å². The molecule has 7 nitrogen and oxygen atoms in total. The first-order chi connectivity index (χ1) is 15.5. The lowest BCUT2D eigenvalue weighted by molar-refractivity contribution is -0.117. The molecule has 1 aromatic carbocycles. The maximum absolute atomic E-state index is 13.4. The van der Waals surface area contributed by atoms with Gasteiger partial charge in [-0.1, -0.05) is 6.92 Å². The summed E-state index contributed by atoms with van der Waals surface area (Å²) in [5, 5.41) is 4.03. The van der Waals surface area contributed by atoms with Gasteiger partial charge in [0.05, 0.1) is 18.3 Å². The van der Waals surface area contributed by atoms with Crippen LogP contribution >= 0.6 is 0 Å². The minimum atomic E-state index is -0.108. The Kier molecular flexibility index (Phi) is 7.04. The highest BCUT2D eigenvalue weighted by molar-refractivity contribution is 6.14. The van der Waals surface area contributed by atoms with Crippen LogP contribution < -0.4 is 15.0 Å². The maximum Gasteiger partial charge on any atom is 0.270 e. The second-order valence-corrected chi connectivity index (χ2v) is 9.13. The van der Waals surface area contributed by atoms with Gasteiger partial charge in [-0.25, -0.2) is 0 Å². The Labute approximate surface area is 190 Å². The first kappa shape index (κ1) is 22.6. The Morgan fingerprint density at radius 2 is 2.09 bits per heavy atom. The molecule has 0 bridgehead atoms. The standard InChI is InChI=1S/C25H36N4O3/c1-4-28-21-11-10-19(32-3)16-20(21)23(29-15-6-9-22(29)30)24(28)25(31)26-12-7-14-27-13-5-8-18(2)17-27/h10-11,16,18H,4-9,12-15,17H2,1-3H3,(H,26,31)/t18-/m1/s1. The van der Waals surface area contributed by atoms with E-state index in [-0.39, 0.29) is 11.8 Å². The third-order valence-corrected chi connectivity index (χ3v) is 6.80. The number of ether oxygens (including phenoxy) is 1. The highest BCUT2D eigenvalue weighted by atomic mass is 16.5. The van der Waals surface area contributed by atoms with Crippen LogP contribution in [0.25, 0.3) is 10.9 Å². The van der Waals surface area contributed by atoms with Crippen molar-refractivity contribution in [2.75, 3.05) is 44.7 Å². The summed E-state index contributed by atoms with van der Waals surface area (Å²) in [4.78, 5) is 30.4. The number of carbonyl (C=O) groups is 2. The van der Waals surface area contributed by atoms with Gasteiger partial charge in [-0.2, -0.15) is 0 Å². The van der Waals surface area contributed by atoms with E-state index in [0.717, 1.165) is 60.7 Å². The van der Waals surface area contributed by atoms with Crippen molar-refractivity contribution in [3.8, 4) is 5.75 Å². The summed E-state index contributed by atoms with van der Waals surface area (Å²) in [6.07, 6.45) is 4.85. The number of anilines is 1. The van der Waals surface area contributed by atoms with E-state index < -0.39 is 0 Å². The molecule has 4 rings (SSSR count). The summed E-state index contributed by atoms with van der Waals surface area (Å²) in [7, 11) is 1.63. The first-order valence-electron chi connectivity index (χ1n) is 12.0. The van der Waals surface area contributed by atoms with E-state index in [1.165, 1.54) is 12.8 Å². The molecule has 1 aromatic heterocycles. The number of nitrogens with zero attached hydrogens (tertiary/aromatic N) is 3. The topological polar surface area (TPSA) is 66.8 Å². The van der Waals surface area contributed by atoms with Crippen molar-refractivity contribution >= 4 is 28.4 Å². The van der Waals surface area contributed by atoms with Gasteiger partial charge >= 0.3 is 0 Å². The number of amides is 2. The monoisotopic (exact) mass is 440 g/mol. The van der Waals surface area contributed by atoms with E-state index in [4.69, 9.17) is 4.74 Å². The van der Waals surface area contributed by atoms with Crippen LogP contribution in [0.3, 0.4) is 0 Å². The van der Waals surface area contributed by atoms with Crippen molar-refractivity contribution < 1.29 is 14.3 Å². The molecule has 0 unspecified atom stereocenters. The van der Waals surface area contributed by atoms with Gasteiger partial charge in [0.25, 0.3) is 5.91 Å². The molecule has 2 aromatic rings. The van der Waals surface area contributed by atoms with Crippen molar-refractivity contribution in [3.05, 3.63) is 23.9 Å². The summed E-state index contributed by atoms with van der Waals surface area (Å²) < 4.78 is 7.46. The SMILES string of the molecule is CCn1c(C(=O)NCCCN2CCC[C@@H](C)C2)c(N2CCCC2=O)c2cc(OC)ccc21. The smallest absolute Gasteiger partial charge is 0.270 e. The minimum absolute atomic E-state index is 0.0799. The molecule has 3 heterocycles. The van der Waals surface area contributed by atoms with Crippen LogP contribution in [0.5, 0.6) is 5.75 Å². The molecular formula is C25H36N4O3. The van der Waals surface area contributed by atoms with Gasteiger partial charge < -0.3 is 24.4 Å². The Hall–Kier alpha value is -2.54. The normalized spacial score (nSPS) is 19.7. The lowest BCUT2D eigenvalue weighted by Gasteiger charge is -2.30. The number of methoxy groups -OCH3 is 1. The average molecular weight is 441 g/mol. The third-order valence-electron chi connectivity index (χ3n) is 6.80. The average Bonchev–Trinajstić information content (AvgIpc) is 3.36. The molecule has 1 N–H and O–H groups in total. The number of fused-ring (bicyclic) bond motifs is 1. The third kappa shape index (κ3) is 4.49. The highest BCUT2D eigenvalue weighted by Gasteiger charge is 2.32. The molecule has 2 aliphatic rings. The van der Waals surface area contributed by atoms with Crippen LogP contribution in [0.4, 0.5) is 5.69 Å². The molecule has 0 radical (unpaired) electrons. The molecule has 2 amide bonds. The summed E-state index contributed by atoms with van der Waals surface area (Å²) in [5.41, 5.74) is 2.26.